The zero-order valence-corrected chi connectivity index (χ0v) is 10.1. The van der Waals surface area contributed by atoms with Crippen LogP contribution >= 0.6 is 0 Å². The average molecular weight is 275 g/mol. The number of benzene rings is 1. The number of carbonyl (C=O) groups excluding carboxylic acids is 1. The van der Waals surface area contributed by atoms with E-state index in [0.717, 1.165) is 12.1 Å². The van der Waals surface area contributed by atoms with Gasteiger partial charge in [-0.25, -0.2) is 13.2 Å². The number of rotatable bonds is 2. The van der Waals surface area contributed by atoms with Gasteiger partial charge in [0.05, 0.1) is 12.6 Å². The Bertz CT molecular complexity index is 486. The monoisotopic (exact) mass is 275 g/mol. The molecule has 19 heavy (non-hydrogen) atoms. The van der Waals surface area contributed by atoms with Gasteiger partial charge in [0.2, 0.25) is 6.29 Å². The summed E-state index contributed by atoms with van der Waals surface area (Å²) in [7, 11) is 0. The Morgan fingerprint density at radius 1 is 1.37 bits per heavy atom. The van der Waals surface area contributed by atoms with Crippen LogP contribution in [0, 0.1) is 17.5 Å². The van der Waals surface area contributed by atoms with E-state index in [1.54, 1.807) is 0 Å². The quantitative estimate of drug-likeness (QED) is 0.829. The van der Waals surface area contributed by atoms with Crippen LogP contribution in [0.1, 0.15) is 18.5 Å². The molecule has 0 saturated carbocycles. The summed E-state index contributed by atoms with van der Waals surface area (Å²) in [5, 5.41) is 9.28. The van der Waals surface area contributed by atoms with E-state index in [9.17, 15) is 23.1 Å². The Morgan fingerprint density at radius 2 is 1.95 bits per heavy atom. The van der Waals surface area contributed by atoms with Crippen LogP contribution < -0.4 is 0 Å². The van der Waals surface area contributed by atoms with Crippen molar-refractivity contribution in [1.82, 2.24) is 4.90 Å². The number of ether oxygens (including phenoxy) is 1. The molecule has 1 N–H and O–H groups in total. The van der Waals surface area contributed by atoms with E-state index >= 15 is 0 Å². The van der Waals surface area contributed by atoms with Gasteiger partial charge in [0, 0.05) is 6.54 Å². The van der Waals surface area contributed by atoms with Gasteiger partial charge in [0.25, 0.3) is 5.91 Å². The predicted molar refractivity (Wildman–Crippen MR) is 58.4 cm³/mol. The molecule has 1 saturated heterocycles. The van der Waals surface area contributed by atoms with E-state index in [4.69, 9.17) is 4.74 Å². The molecule has 0 aromatic heterocycles. The van der Waals surface area contributed by atoms with Crippen LogP contribution in [0.5, 0.6) is 0 Å². The molecule has 0 bridgehead atoms. The third kappa shape index (κ3) is 2.57. The summed E-state index contributed by atoms with van der Waals surface area (Å²) in [5.74, 6) is -4.88. The summed E-state index contributed by atoms with van der Waals surface area (Å²) in [6, 6.07) is 0.965. The van der Waals surface area contributed by atoms with Gasteiger partial charge in [0.15, 0.2) is 17.5 Å². The lowest BCUT2D eigenvalue weighted by molar-refractivity contribution is -0.186. The van der Waals surface area contributed by atoms with Crippen molar-refractivity contribution in [1.29, 1.82) is 0 Å². The lowest BCUT2D eigenvalue weighted by Crippen LogP contribution is -2.48. The SMILES string of the molecule is CC(c1cc(F)c(F)c(F)c1)N1CCOC(O)C1=O. The van der Waals surface area contributed by atoms with Gasteiger partial charge in [-0.1, -0.05) is 0 Å². The summed E-state index contributed by atoms with van der Waals surface area (Å²) in [5.41, 5.74) is 0.110. The molecule has 2 rings (SSSR count). The molecular formula is C12H12F3NO3. The molecule has 1 amide bonds. The van der Waals surface area contributed by atoms with E-state index in [2.05, 4.69) is 0 Å². The number of aliphatic hydroxyl groups is 1. The highest BCUT2D eigenvalue weighted by Gasteiger charge is 2.32. The number of carbonyl (C=O) groups is 1. The van der Waals surface area contributed by atoms with Crippen molar-refractivity contribution >= 4 is 5.91 Å². The average Bonchev–Trinajstić information content (AvgIpc) is 2.38. The molecule has 1 aromatic rings. The zero-order valence-electron chi connectivity index (χ0n) is 10.1. The highest BCUT2D eigenvalue weighted by molar-refractivity contribution is 5.80. The normalized spacial score (nSPS) is 21.6. The molecule has 4 nitrogen and oxygen atoms in total. The van der Waals surface area contributed by atoms with Crippen LogP contribution in [0.15, 0.2) is 12.1 Å². The molecule has 1 fully saturated rings. The summed E-state index contributed by atoms with van der Waals surface area (Å²) in [4.78, 5) is 12.9. The van der Waals surface area contributed by atoms with Gasteiger partial charge < -0.3 is 14.7 Å². The first-order chi connectivity index (χ1) is 8.91. The van der Waals surface area contributed by atoms with Crippen molar-refractivity contribution in [2.24, 2.45) is 0 Å². The first kappa shape index (κ1) is 13.8. The van der Waals surface area contributed by atoms with Crippen molar-refractivity contribution in [3.05, 3.63) is 35.1 Å². The topological polar surface area (TPSA) is 49.8 Å². The number of amides is 1. The fraction of sp³-hybridized carbons (Fsp3) is 0.417. The van der Waals surface area contributed by atoms with Gasteiger partial charge in [-0.05, 0) is 24.6 Å². The van der Waals surface area contributed by atoms with Gasteiger partial charge in [-0.3, -0.25) is 4.79 Å². The van der Waals surface area contributed by atoms with E-state index in [-0.39, 0.29) is 18.7 Å². The minimum absolute atomic E-state index is 0.110. The number of aliphatic hydroxyl groups excluding tert-OH is 1. The van der Waals surface area contributed by atoms with Crippen molar-refractivity contribution in [3.63, 3.8) is 0 Å². The highest BCUT2D eigenvalue weighted by atomic mass is 19.2. The second kappa shape index (κ2) is 5.18. The summed E-state index contributed by atoms with van der Waals surface area (Å²) >= 11 is 0. The number of hydrogen-bond donors (Lipinski definition) is 1. The number of hydrogen-bond acceptors (Lipinski definition) is 3. The number of halogens is 3. The first-order valence-electron chi connectivity index (χ1n) is 5.66. The van der Waals surface area contributed by atoms with Crippen LogP contribution in [0.25, 0.3) is 0 Å². The molecule has 1 heterocycles. The Balaban J connectivity index is 2.28. The van der Waals surface area contributed by atoms with Crippen LogP contribution in [0.2, 0.25) is 0 Å². The molecule has 1 aromatic carbocycles. The van der Waals surface area contributed by atoms with Crippen LogP contribution in [-0.2, 0) is 9.53 Å². The second-order valence-electron chi connectivity index (χ2n) is 4.23. The minimum atomic E-state index is -1.58. The van der Waals surface area contributed by atoms with Crippen LogP contribution in [-0.4, -0.2) is 35.4 Å². The van der Waals surface area contributed by atoms with Crippen LogP contribution in [0.4, 0.5) is 13.2 Å². The predicted octanol–water partition coefficient (Wildman–Crippen LogP) is 1.34. The molecule has 104 valence electrons. The smallest absolute Gasteiger partial charge is 0.279 e. The van der Waals surface area contributed by atoms with Crippen molar-refractivity contribution in [3.8, 4) is 0 Å². The summed E-state index contributed by atoms with van der Waals surface area (Å²) in [6.45, 7) is 1.82. The Labute approximate surface area is 107 Å². The van der Waals surface area contributed by atoms with E-state index in [1.165, 1.54) is 11.8 Å². The maximum Gasteiger partial charge on any atom is 0.279 e. The molecule has 0 aliphatic carbocycles. The summed E-state index contributed by atoms with van der Waals surface area (Å²) in [6.07, 6.45) is -1.58. The zero-order chi connectivity index (χ0) is 14.2. The van der Waals surface area contributed by atoms with Crippen LogP contribution in [0.3, 0.4) is 0 Å². The minimum Gasteiger partial charge on any atom is -0.361 e. The molecule has 2 unspecified atom stereocenters. The van der Waals surface area contributed by atoms with E-state index < -0.39 is 35.7 Å². The molecule has 1 aliphatic heterocycles. The van der Waals surface area contributed by atoms with E-state index in [0.29, 0.717) is 0 Å². The van der Waals surface area contributed by atoms with Crippen molar-refractivity contribution in [2.75, 3.05) is 13.2 Å². The third-order valence-corrected chi connectivity index (χ3v) is 3.06. The molecule has 2 atom stereocenters. The Morgan fingerprint density at radius 3 is 2.53 bits per heavy atom. The van der Waals surface area contributed by atoms with Gasteiger partial charge in [-0.15, -0.1) is 0 Å². The van der Waals surface area contributed by atoms with Gasteiger partial charge in [-0.2, -0.15) is 0 Å². The lowest BCUT2D eigenvalue weighted by Gasteiger charge is -2.34. The lowest BCUT2D eigenvalue weighted by atomic mass is 10.1. The number of morpholine rings is 1. The first-order valence-corrected chi connectivity index (χ1v) is 5.66. The molecular weight excluding hydrogens is 263 g/mol. The molecule has 1 aliphatic rings. The standard InChI is InChI=1S/C12H12F3NO3/c1-6(16-2-3-19-12(18)11(16)17)7-4-8(13)10(15)9(14)5-7/h4-6,12,18H,2-3H2,1H3. The Hall–Kier alpha value is -1.60. The maximum atomic E-state index is 13.1. The Kier molecular flexibility index (Phi) is 3.77. The second-order valence-corrected chi connectivity index (χ2v) is 4.23. The summed E-state index contributed by atoms with van der Waals surface area (Å²) < 4.78 is 43.9. The highest BCUT2D eigenvalue weighted by Crippen LogP contribution is 2.25. The molecule has 7 heteroatoms. The van der Waals surface area contributed by atoms with Gasteiger partial charge >= 0.3 is 0 Å². The molecule has 0 radical (unpaired) electrons. The van der Waals surface area contributed by atoms with Crippen molar-refractivity contribution in [2.45, 2.75) is 19.3 Å². The molecule has 0 spiro atoms. The maximum absolute atomic E-state index is 13.1. The number of nitrogens with zero attached hydrogens (tertiary/aromatic N) is 1. The largest absolute Gasteiger partial charge is 0.361 e. The van der Waals surface area contributed by atoms with Gasteiger partial charge in [0.1, 0.15) is 0 Å². The third-order valence-electron chi connectivity index (χ3n) is 3.06. The fourth-order valence-electron chi connectivity index (χ4n) is 1.97. The fourth-order valence-corrected chi connectivity index (χ4v) is 1.97. The van der Waals surface area contributed by atoms with E-state index in [1.807, 2.05) is 0 Å². The van der Waals surface area contributed by atoms with Crippen molar-refractivity contribution < 1.29 is 27.8 Å².